The van der Waals surface area contributed by atoms with Crippen molar-refractivity contribution in [1.82, 2.24) is 19.5 Å². The van der Waals surface area contributed by atoms with Gasteiger partial charge in [-0.15, -0.1) is 0 Å². The number of hydrogen-bond donors (Lipinski definition) is 8. The number of H-pyrrole nitrogens is 1. The maximum atomic E-state index is 14.0. The molecule has 0 spiro atoms. The summed E-state index contributed by atoms with van der Waals surface area (Å²) in [6.45, 7) is 0.263. The van der Waals surface area contributed by atoms with Gasteiger partial charge in [0.1, 0.15) is 24.5 Å². The Labute approximate surface area is 199 Å². The number of aliphatic hydroxyl groups is 2. The zero-order valence-electron chi connectivity index (χ0n) is 18.1. The number of aliphatic hydroxyl groups excluding tert-OH is 1. The number of halogens is 1. The molecule has 2 aromatic rings. The molecule has 0 aliphatic carbocycles. The number of imidazole rings is 1. The van der Waals surface area contributed by atoms with E-state index >= 15 is 0 Å². The summed E-state index contributed by atoms with van der Waals surface area (Å²) in [5, 5.41) is 21.6. The molecule has 3 heterocycles. The van der Waals surface area contributed by atoms with Gasteiger partial charge in [-0.1, -0.05) is 0 Å². The number of anilines is 1. The highest BCUT2D eigenvalue weighted by atomic mass is 31.3. The van der Waals surface area contributed by atoms with Gasteiger partial charge >= 0.3 is 23.5 Å². The van der Waals surface area contributed by atoms with E-state index in [4.69, 9.17) is 24.8 Å². The van der Waals surface area contributed by atoms with Crippen LogP contribution in [-0.4, -0.2) is 79.4 Å². The lowest BCUT2D eigenvalue weighted by Crippen LogP contribution is -2.53. The van der Waals surface area contributed by atoms with Crippen LogP contribution in [0.3, 0.4) is 0 Å². The second-order valence-electron chi connectivity index (χ2n) is 8.04. The van der Waals surface area contributed by atoms with Crippen molar-refractivity contribution in [3.05, 3.63) is 16.7 Å². The molecule has 23 heteroatoms. The number of aromatic nitrogens is 4. The maximum absolute atomic E-state index is 14.0. The van der Waals surface area contributed by atoms with Gasteiger partial charge in [0.25, 0.3) is 5.56 Å². The Morgan fingerprint density at radius 1 is 1.25 bits per heavy atom. The van der Waals surface area contributed by atoms with Gasteiger partial charge in [0.2, 0.25) is 5.95 Å². The van der Waals surface area contributed by atoms with E-state index in [9.17, 15) is 42.9 Å². The number of nitrogen functional groups attached to an aromatic ring is 1. The first-order chi connectivity index (χ1) is 16.2. The lowest BCUT2D eigenvalue weighted by molar-refractivity contribution is -0.126. The summed E-state index contributed by atoms with van der Waals surface area (Å²) in [6, 6.07) is 0. The molecule has 19 nitrogen and oxygen atoms in total. The van der Waals surface area contributed by atoms with Crippen molar-refractivity contribution < 1.29 is 65.8 Å². The average molecular weight is 583 g/mol. The largest absolute Gasteiger partial charge is 0.490 e. The highest BCUT2D eigenvalue weighted by Gasteiger charge is 2.62. The second kappa shape index (κ2) is 9.28. The molecule has 0 aromatic carbocycles. The second-order valence-corrected chi connectivity index (χ2v) is 12.4. The zero-order valence-corrected chi connectivity index (χ0v) is 20.8. The monoisotopic (exact) mass is 583 g/mol. The van der Waals surface area contributed by atoms with Crippen molar-refractivity contribution in [3.8, 4) is 0 Å². The van der Waals surface area contributed by atoms with Crippen LogP contribution in [-0.2, 0) is 31.6 Å². The summed E-state index contributed by atoms with van der Waals surface area (Å²) >= 11 is 0. The molecular weight excluding hydrogens is 562 g/mol. The van der Waals surface area contributed by atoms with Crippen molar-refractivity contribution in [2.24, 2.45) is 0 Å². The summed E-state index contributed by atoms with van der Waals surface area (Å²) in [5.74, 6) is -0.374. The molecule has 204 valence electrons. The standard InChI is InChI=1S/C13H21FN5O14P3/c1-12(2,31-35(26,27)33-36(28,29)32-34(23,24)25)7-6(20)13(22,3-14)10(30-7)19-4-16-5-8(19)17-11(15)18-9(5)21/h4,6-7,10,20,22H,3H2,1-2H3,(H,26,27)(H,28,29)(H2,23,24,25)(H3,15,17,18,21)/t6-,7-,10+,13?/m0/s1. The van der Waals surface area contributed by atoms with Crippen molar-refractivity contribution in [3.63, 3.8) is 0 Å². The predicted molar refractivity (Wildman–Crippen MR) is 112 cm³/mol. The molecule has 0 radical (unpaired) electrons. The maximum Gasteiger partial charge on any atom is 0.490 e. The Kier molecular flexibility index (Phi) is 7.46. The Hall–Kier alpha value is -1.63. The number of ether oxygens (including phenoxy) is 1. The lowest BCUT2D eigenvalue weighted by atomic mass is 9.88. The normalized spacial score (nSPS) is 28.8. The van der Waals surface area contributed by atoms with E-state index in [1.165, 1.54) is 0 Å². The Morgan fingerprint density at radius 2 is 1.86 bits per heavy atom. The third kappa shape index (κ3) is 5.76. The SMILES string of the molecule is CC(C)(OP(=O)(O)OP(=O)(O)OP(=O)(O)O)[C@H]1O[C@@H](n2cnc3c(=O)[nH]c(N)nc32)C(O)(CF)[C@H]1O. The van der Waals surface area contributed by atoms with Crippen LogP contribution >= 0.6 is 23.5 Å². The first-order valence-electron chi connectivity index (χ1n) is 9.40. The lowest BCUT2D eigenvalue weighted by Gasteiger charge is -2.34. The third-order valence-corrected chi connectivity index (χ3v) is 8.90. The number of phosphoric ester groups is 1. The Balaban J connectivity index is 1.94. The van der Waals surface area contributed by atoms with Gasteiger partial charge in [-0.3, -0.25) is 18.9 Å². The van der Waals surface area contributed by atoms with Gasteiger partial charge in [0.05, 0.1) is 6.33 Å². The highest BCUT2D eigenvalue weighted by molar-refractivity contribution is 7.66. The van der Waals surface area contributed by atoms with Crippen molar-refractivity contribution in [1.29, 1.82) is 0 Å². The molecule has 0 saturated carbocycles. The summed E-state index contributed by atoms with van der Waals surface area (Å²) in [4.78, 5) is 58.2. The fraction of sp³-hybridized carbons (Fsp3) is 0.615. The van der Waals surface area contributed by atoms with Crippen LogP contribution in [0, 0.1) is 0 Å². The van der Waals surface area contributed by atoms with E-state index in [0.717, 1.165) is 24.7 Å². The smallest absolute Gasteiger partial charge is 0.387 e. The molecule has 6 atom stereocenters. The quantitative estimate of drug-likeness (QED) is 0.160. The summed E-state index contributed by atoms with van der Waals surface area (Å²) in [6.07, 6.45) is -5.05. The molecule has 0 amide bonds. The minimum absolute atomic E-state index is 0.285. The van der Waals surface area contributed by atoms with Gasteiger partial charge in [-0.25, -0.2) is 23.1 Å². The van der Waals surface area contributed by atoms with Gasteiger partial charge in [-0.05, 0) is 13.8 Å². The number of nitrogens with one attached hydrogen (secondary N) is 1. The van der Waals surface area contributed by atoms with Gasteiger partial charge in [0, 0.05) is 0 Å². The van der Waals surface area contributed by atoms with Crippen molar-refractivity contribution in [2.75, 3.05) is 12.4 Å². The zero-order chi connectivity index (χ0) is 27.5. The molecule has 36 heavy (non-hydrogen) atoms. The molecular formula is C13H21FN5O14P3. The van der Waals surface area contributed by atoms with E-state index in [-0.39, 0.29) is 17.1 Å². The molecule has 1 saturated heterocycles. The molecule has 1 aliphatic rings. The van der Waals surface area contributed by atoms with E-state index in [1.807, 2.05) is 0 Å². The molecule has 3 rings (SSSR count). The minimum Gasteiger partial charge on any atom is -0.387 e. The molecule has 1 fully saturated rings. The summed E-state index contributed by atoms with van der Waals surface area (Å²) < 4.78 is 67.1. The minimum atomic E-state index is -5.87. The molecule has 3 unspecified atom stereocenters. The molecule has 9 N–H and O–H groups in total. The number of alkyl halides is 1. The highest BCUT2D eigenvalue weighted by Crippen LogP contribution is 2.67. The number of nitrogens with zero attached hydrogens (tertiary/aromatic N) is 3. The summed E-state index contributed by atoms with van der Waals surface area (Å²) in [7, 11) is -17.2. The van der Waals surface area contributed by atoms with E-state index < -0.39 is 65.3 Å². The van der Waals surface area contributed by atoms with Crippen LogP contribution in [0.4, 0.5) is 10.3 Å². The number of nitrogens with two attached hydrogens (primary N) is 1. The first-order valence-corrected chi connectivity index (χ1v) is 13.9. The van der Waals surface area contributed by atoms with Crippen LogP contribution in [0.2, 0.25) is 0 Å². The van der Waals surface area contributed by atoms with Crippen molar-refractivity contribution in [2.45, 2.75) is 43.5 Å². The fourth-order valence-corrected chi connectivity index (χ4v) is 6.83. The van der Waals surface area contributed by atoms with Crippen LogP contribution < -0.4 is 11.3 Å². The van der Waals surface area contributed by atoms with Gasteiger partial charge in [-0.2, -0.15) is 13.6 Å². The molecule has 0 bridgehead atoms. The molecule has 2 aromatic heterocycles. The predicted octanol–water partition coefficient (Wildman–Crippen LogP) is -1.22. The molecule has 1 aliphatic heterocycles. The van der Waals surface area contributed by atoms with Gasteiger partial charge < -0.3 is 40.3 Å². The average Bonchev–Trinajstić information content (AvgIpc) is 3.17. The van der Waals surface area contributed by atoms with Crippen LogP contribution in [0.15, 0.2) is 11.1 Å². The number of phosphoric acid groups is 3. The number of aromatic amines is 1. The van der Waals surface area contributed by atoms with Gasteiger partial charge in [0.15, 0.2) is 23.0 Å². The first kappa shape index (κ1) is 28.9. The number of hydrogen-bond acceptors (Lipinski definition) is 13. The van der Waals surface area contributed by atoms with Crippen LogP contribution in [0.5, 0.6) is 0 Å². The topological polar surface area (TPSA) is 299 Å². The van der Waals surface area contributed by atoms with Crippen LogP contribution in [0.25, 0.3) is 11.2 Å². The Morgan fingerprint density at radius 3 is 2.42 bits per heavy atom. The van der Waals surface area contributed by atoms with E-state index in [1.54, 1.807) is 0 Å². The number of fused-ring (bicyclic) bond motifs is 1. The van der Waals surface area contributed by atoms with Crippen LogP contribution in [0.1, 0.15) is 20.1 Å². The summed E-state index contributed by atoms with van der Waals surface area (Å²) in [5.41, 5.74) is -0.892. The van der Waals surface area contributed by atoms with E-state index in [2.05, 4.69) is 23.6 Å². The van der Waals surface area contributed by atoms with E-state index in [0.29, 0.717) is 0 Å². The van der Waals surface area contributed by atoms with Crippen molar-refractivity contribution >= 4 is 40.6 Å². The Bertz CT molecular complexity index is 1360. The third-order valence-electron chi connectivity index (χ3n) is 4.87. The number of rotatable bonds is 9. The fourth-order valence-electron chi connectivity index (χ4n) is 3.50.